The first-order valence-electron chi connectivity index (χ1n) is 7.12. The molecule has 1 amide bonds. The van der Waals surface area contributed by atoms with Crippen LogP contribution >= 0.6 is 0 Å². The lowest BCUT2D eigenvalue weighted by atomic mass is 10.0. The number of aryl methyl sites for hydroxylation is 1. The molecule has 1 atom stereocenters. The van der Waals surface area contributed by atoms with Gasteiger partial charge in [0.15, 0.2) is 0 Å². The molecular formula is C16H25NO3. The predicted octanol–water partition coefficient (Wildman–Crippen LogP) is 2.43. The van der Waals surface area contributed by atoms with Crippen molar-refractivity contribution in [2.75, 3.05) is 13.2 Å². The van der Waals surface area contributed by atoms with Crippen LogP contribution in [-0.4, -0.2) is 29.8 Å². The third-order valence-corrected chi connectivity index (χ3v) is 3.14. The fourth-order valence-corrected chi connectivity index (χ4v) is 1.98. The minimum Gasteiger partial charge on any atom is -0.493 e. The first kappa shape index (κ1) is 16.5. The Bertz CT molecular complexity index is 429. The molecule has 4 nitrogen and oxygen atoms in total. The second-order valence-electron chi connectivity index (χ2n) is 5.39. The van der Waals surface area contributed by atoms with Gasteiger partial charge >= 0.3 is 0 Å². The predicted molar refractivity (Wildman–Crippen MR) is 79.8 cm³/mol. The summed E-state index contributed by atoms with van der Waals surface area (Å²) in [7, 11) is 0. The van der Waals surface area contributed by atoms with Crippen LogP contribution in [0.1, 0.15) is 38.7 Å². The van der Waals surface area contributed by atoms with Gasteiger partial charge in [-0.05, 0) is 31.9 Å². The van der Waals surface area contributed by atoms with Crippen molar-refractivity contribution in [3.8, 4) is 5.75 Å². The highest BCUT2D eigenvalue weighted by Gasteiger charge is 2.19. The molecule has 0 saturated heterocycles. The van der Waals surface area contributed by atoms with Crippen molar-refractivity contribution in [1.82, 2.24) is 5.32 Å². The van der Waals surface area contributed by atoms with E-state index in [1.165, 1.54) is 0 Å². The molecule has 0 aliphatic rings. The lowest BCUT2D eigenvalue weighted by Gasteiger charge is -2.22. The number of aliphatic hydroxyl groups is 1. The van der Waals surface area contributed by atoms with E-state index in [1.54, 1.807) is 6.92 Å². The smallest absolute Gasteiger partial charge is 0.223 e. The number of carbonyl (C=O) groups is 1. The monoisotopic (exact) mass is 279 g/mol. The summed E-state index contributed by atoms with van der Waals surface area (Å²) in [6, 6.07) is 7.71. The number of amides is 1. The van der Waals surface area contributed by atoms with Gasteiger partial charge in [0.25, 0.3) is 0 Å². The molecule has 0 aliphatic heterocycles. The first-order valence-corrected chi connectivity index (χ1v) is 7.12. The van der Waals surface area contributed by atoms with E-state index < -0.39 is 5.60 Å². The lowest BCUT2D eigenvalue weighted by Crippen LogP contribution is -2.40. The fourth-order valence-electron chi connectivity index (χ4n) is 1.98. The van der Waals surface area contributed by atoms with Crippen LogP contribution in [0.4, 0.5) is 0 Å². The summed E-state index contributed by atoms with van der Waals surface area (Å²) in [4.78, 5) is 11.7. The van der Waals surface area contributed by atoms with E-state index >= 15 is 0 Å². The van der Waals surface area contributed by atoms with Gasteiger partial charge in [-0.1, -0.05) is 31.5 Å². The second kappa shape index (κ2) is 7.90. The van der Waals surface area contributed by atoms with Crippen LogP contribution in [-0.2, 0) is 4.79 Å². The number of rotatable bonds is 8. The molecule has 0 fully saturated rings. The number of para-hydroxylation sites is 1. The van der Waals surface area contributed by atoms with E-state index in [0.29, 0.717) is 13.0 Å². The van der Waals surface area contributed by atoms with E-state index in [2.05, 4.69) is 5.32 Å². The number of nitrogens with one attached hydrogen (secondary N) is 1. The maximum atomic E-state index is 11.7. The topological polar surface area (TPSA) is 58.6 Å². The van der Waals surface area contributed by atoms with Crippen molar-refractivity contribution in [3.05, 3.63) is 29.8 Å². The maximum Gasteiger partial charge on any atom is 0.223 e. The van der Waals surface area contributed by atoms with Crippen molar-refractivity contribution in [3.63, 3.8) is 0 Å². The van der Waals surface area contributed by atoms with Crippen molar-refractivity contribution >= 4 is 5.91 Å². The summed E-state index contributed by atoms with van der Waals surface area (Å²) in [5, 5.41) is 12.7. The van der Waals surface area contributed by atoms with Crippen molar-refractivity contribution < 1.29 is 14.6 Å². The molecule has 0 saturated carbocycles. The molecule has 1 unspecified atom stereocenters. The Hall–Kier alpha value is -1.55. The standard InChI is InChI=1S/C16H25NO3/c1-4-10-16(3,19)12-17-15(18)9-11-20-14-8-6-5-7-13(14)2/h5-8,19H,4,9-12H2,1-3H3,(H,17,18). The Kier molecular flexibility index (Phi) is 6.52. The van der Waals surface area contributed by atoms with Crippen LogP contribution < -0.4 is 10.1 Å². The molecular weight excluding hydrogens is 254 g/mol. The first-order chi connectivity index (χ1) is 9.44. The molecule has 0 aliphatic carbocycles. The zero-order valence-electron chi connectivity index (χ0n) is 12.6. The minimum absolute atomic E-state index is 0.102. The third kappa shape index (κ3) is 6.06. The van der Waals surface area contributed by atoms with E-state index in [9.17, 15) is 9.90 Å². The van der Waals surface area contributed by atoms with Crippen LogP contribution in [0.25, 0.3) is 0 Å². The van der Waals surface area contributed by atoms with Gasteiger partial charge < -0.3 is 15.2 Å². The van der Waals surface area contributed by atoms with Crippen LogP contribution in [0.15, 0.2) is 24.3 Å². The number of carbonyl (C=O) groups excluding carboxylic acids is 1. The zero-order valence-corrected chi connectivity index (χ0v) is 12.6. The summed E-state index contributed by atoms with van der Waals surface area (Å²) in [5.41, 5.74) is 0.222. The minimum atomic E-state index is -0.832. The van der Waals surface area contributed by atoms with Crippen LogP contribution in [0, 0.1) is 6.92 Å². The number of benzene rings is 1. The molecule has 4 heteroatoms. The van der Waals surface area contributed by atoms with Gasteiger partial charge in [0, 0.05) is 6.54 Å². The van der Waals surface area contributed by atoms with Crippen molar-refractivity contribution in [2.45, 2.75) is 45.6 Å². The summed E-state index contributed by atoms with van der Waals surface area (Å²) >= 11 is 0. The number of ether oxygens (including phenoxy) is 1. The van der Waals surface area contributed by atoms with Gasteiger partial charge in [-0.25, -0.2) is 0 Å². The highest BCUT2D eigenvalue weighted by atomic mass is 16.5. The van der Waals surface area contributed by atoms with Gasteiger partial charge in [0.05, 0.1) is 18.6 Å². The van der Waals surface area contributed by atoms with Gasteiger partial charge in [-0.3, -0.25) is 4.79 Å². The Morgan fingerprint density at radius 2 is 2.10 bits per heavy atom. The molecule has 0 aromatic heterocycles. The molecule has 1 rings (SSSR count). The van der Waals surface area contributed by atoms with Crippen LogP contribution in [0.3, 0.4) is 0 Å². The number of hydrogen-bond donors (Lipinski definition) is 2. The highest BCUT2D eigenvalue weighted by Crippen LogP contribution is 2.16. The lowest BCUT2D eigenvalue weighted by molar-refractivity contribution is -0.122. The molecule has 112 valence electrons. The Balaban J connectivity index is 2.26. The van der Waals surface area contributed by atoms with Gasteiger partial charge in [-0.15, -0.1) is 0 Å². The molecule has 0 bridgehead atoms. The molecule has 2 N–H and O–H groups in total. The van der Waals surface area contributed by atoms with Crippen LogP contribution in [0.5, 0.6) is 5.75 Å². The van der Waals surface area contributed by atoms with E-state index in [0.717, 1.165) is 17.7 Å². The van der Waals surface area contributed by atoms with Crippen LogP contribution in [0.2, 0.25) is 0 Å². The molecule has 0 spiro atoms. The average Bonchev–Trinajstić information content (AvgIpc) is 2.39. The SMILES string of the molecule is CCCC(C)(O)CNC(=O)CCOc1ccccc1C. The molecule has 0 heterocycles. The van der Waals surface area contributed by atoms with Gasteiger partial charge in [-0.2, -0.15) is 0 Å². The van der Waals surface area contributed by atoms with E-state index in [4.69, 9.17) is 4.74 Å². The number of hydrogen-bond acceptors (Lipinski definition) is 3. The van der Waals surface area contributed by atoms with Crippen molar-refractivity contribution in [1.29, 1.82) is 0 Å². The fraction of sp³-hybridized carbons (Fsp3) is 0.562. The molecule has 20 heavy (non-hydrogen) atoms. The summed E-state index contributed by atoms with van der Waals surface area (Å²) in [6.07, 6.45) is 1.85. The highest BCUT2D eigenvalue weighted by molar-refractivity contribution is 5.76. The molecule has 1 aromatic rings. The van der Waals surface area contributed by atoms with Gasteiger partial charge in [0.1, 0.15) is 5.75 Å². The largest absolute Gasteiger partial charge is 0.493 e. The summed E-state index contributed by atoms with van der Waals surface area (Å²) < 4.78 is 5.56. The maximum absolute atomic E-state index is 11.7. The average molecular weight is 279 g/mol. The van der Waals surface area contributed by atoms with E-state index in [-0.39, 0.29) is 18.9 Å². The normalized spacial score (nSPS) is 13.6. The van der Waals surface area contributed by atoms with Crippen molar-refractivity contribution in [2.24, 2.45) is 0 Å². The van der Waals surface area contributed by atoms with E-state index in [1.807, 2.05) is 38.1 Å². The Labute approximate surface area is 121 Å². The zero-order chi connectivity index (χ0) is 15.0. The Morgan fingerprint density at radius 1 is 1.40 bits per heavy atom. The summed E-state index contributed by atoms with van der Waals surface area (Å²) in [6.45, 7) is 6.33. The summed E-state index contributed by atoms with van der Waals surface area (Å²) in [5.74, 6) is 0.702. The molecule has 1 aromatic carbocycles. The third-order valence-electron chi connectivity index (χ3n) is 3.14. The van der Waals surface area contributed by atoms with Gasteiger partial charge in [0.2, 0.25) is 5.91 Å². The molecule has 0 radical (unpaired) electrons. The quantitative estimate of drug-likeness (QED) is 0.768. The second-order valence-corrected chi connectivity index (χ2v) is 5.39. The Morgan fingerprint density at radius 3 is 2.75 bits per heavy atom.